The molecule has 0 saturated carbocycles. The molecule has 4 heteroatoms. The fourth-order valence-corrected chi connectivity index (χ4v) is 1.40. The number of rotatable bonds is 7. The maximum atomic E-state index is 4.20. The minimum atomic E-state index is 0.416. The van der Waals surface area contributed by atoms with Crippen LogP contribution in [0, 0.1) is 0 Å². The van der Waals surface area contributed by atoms with Crippen LogP contribution < -0.4 is 10.6 Å². The second-order valence-electron chi connectivity index (χ2n) is 4.15. The second-order valence-corrected chi connectivity index (χ2v) is 4.15. The second kappa shape index (κ2) is 6.58. The molecule has 86 valence electrons. The van der Waals surface area contributed by atoms with Gasteiger partial charge in [0.05, 0.1) is 6.04 Å². The molecule has 1 heterocycles. The highest BCUT2D eigenvalue weighted by Gasteiger charge is 2.02. The average Bonchev–Trinajstić information content (AvgIpc) is 2.69. The summed E-state index contributed by atoms with van der Waals surface area (Å²) < 4.78 is 1.98. The summed E-state index contributed by atoms with van der Waals surface area (Å²) in [5.74, 6) is 0. The molecule has 0 aliphatic carbocycles. The van der Waals surface area contributed by atoms with Gasteiger partial charge in [-0.1, -0.05) is 13.8 Å². The highest BCUT2D eigenvalue weighted by Crippen LogP contribution is 1.99. The Hall–Kier alpha value is -0.870. The van der Waals surface area contributed by atoms with E-state index < -0.39 is 0 Å². The van der Waals surface area contributed by atoms with Crippen LogP contribution in [0.3, 0.4) is 0 Å². The molecule has 0 fully saturated rings. The number of nitrogens with one attached hydrogen (secondary N) is 2. The third kappa shape index (κ3) is 4.95. The van der Waals surface area contributed by atoms with Crippen LogP contribution in [-0.4, -0.2) is 35.5 Å². The van der Waals surface area contributed by atoms with E-state index in [1.807, 2.05) is 23.1 Å². The van der Waals surface area contributed by atoms with Gasteiger partial charge >= 0.3 is 0 Å². The molecule has 15 heavy (non-hydrogen) atoms. The van der Waals surface area contributed by atoms with Crippen molar-refractivity contribution < 1.29 is 0 Å². The van der Waals surface area contributed by atoms with Crippen molar-refractivity contribution in [2.75, 3.05) is 19.6 Å². The van der Waals surface area contributed by atoms with E-state index >= 15 is 0 Å². The molecular weight excluding hydrogens is 188 g/mol. The molecule has 1 aromatic heterocycles. The first-order valence-electron chi connectivity index (χ1n) is 5.63. The molecule has 0 aliphatic heterocycles. The zero-order valence-corrected chi connectivity index (χ0v) is 9.90. The Morgan fingerprint density at radius 2 is 2.07 bits per heavy atom. The van der Waals surface area contributed by atoms with Crippen LogP contribution in [0.2, 0.25) is 0 Å². The van der Waals surface area contributed by atoms with Crippen molar-refractivity contribution in [3.05, 3.63) is 18.5 Å². The summed E-state index contributed by atoms with van der Waals surface area (Å²) in [6.07, 6.45) is 3.82. The largest absolute Gasteiger partial charge is 0.313 e. The van der Waals surface area contributed by atoms with Gasteiger partial charge in [0, 0.05) is 38.1 Å². The predicted octanol–water partition coefficient (Wildman–Crippen LogP) is 1.03. The van der Waals surface area contributed by atoms with Gasteiger partial charge in [0.1, 0.15) is 0 Å². The van der Waals surface area contributed by atoms with Gasteiger partial charge in [-0.05, 0) is 13.0 Å². The average molecular weight is 210 g/mol. The lowest BCUT2D eigenvalue weighted by Gasteiger charge is -2.14. The Kier molecular flexibility index (Phi) is 5.36. The van der Waals surface area contributed by atoms with Crippen LogP contribution in [0.15, 0.2) is 18.5 Å². The van der Waals surface area contributed by atoms with Gasteiger partial charge in [0.2, 0.25) is 0 Å². The predicted molar refractivity (Wildman–Crippen MR) is 62.9 cm³/mol. The van der Waals surface area contributed by atoms with Crippen LogP contribution in [-0.2, 0) is 0 Å². The molecule has 1 rings (SSSR count). The normalized spacial score (nSPS) is 13.3. The van der Waals surface area contributed by atoms with Crippen molar-refractivity contribution in [1.82, 2.24) is 20.4 Å². The van der Waals surface area contributed by atoms with Crippen LogP contribution in [0.4, 0.5) is 0 Å². The Balaban J connectivity index is 2.05. The Bertz CT molecular complexity index is 243. The van der Waals surface area contributed by atoms with Gasteiger partial charge in [-0.15, -0.1) is 0 Å². The Morgan fingerprint density at radius 1 is 1.27 bits per heavy atom. The molecule has 2 N–H and O–H groups in total. The lowest BCUT2D eigenvalue weighted by molar-refractivity contribution is 0.447. The van der Waals surface area contributed by atoms with Crippen molar-refractivity contribution in [2.24, 2.45) is 0 Å². The SMILES string of the molecule is CC(C)NCCNCC(C)n1cccn1. The third-order valence-corrected chi connectivity index (χ3v) is 2.27. The first kappa shape index (κ1) is 12.2. The van der Waals surface area contributed by atoms with Crippen molar-refractivity contribution in [3.63, 3.8) is 0 Å². The van der Waals surface area contributed by atoms with E-state index in [4.69, 9.17) is 0 Å². The standard InChI is InChI=1S/C11H22N4/c1-10(2)13-7-6-12-9-11(3)15-8-4-5-14-15/h4-5,8,10-13H,6-7,9H2,1-3H3. The molecule has 0 aromatic carbocycles. The summed E-state index contributed by atoms with van der Waals surface area (Å²) >= 11 is 0. The molecule has 0 amide bonds. The van der Waals surface area contributed by atoms with E-state index in [0.29, 0.717) is 12.1 Å². The Labute approximate surface area is 92.1 Å². The molecule has 0 bridgehead atoms. The molecule has 1 atom stereocenters. The van der Waals surface area contributed by atoms with Crippen LogP contribution >= 0.6 is 0 Å². The first-order valence-corrected chi connectivity index (χ1v) is 5.63. The number of hydrogen-bond acceptors (Lipinski definition) is 3. The molecule has 4 nitrogen and oxygen atoms in total. The minimum Gasteiger partial charge on any atom is -0.313 e. The number of nitrogens with zero attached hydrogens (tertiary/aromatic N) is 2. The number of hydrogen-bond donors (Lipinski definition) is 2. The fourth-order valence-electron chi connectivity index (χ4n) is 1.40. The summed E-state index contributed by atoms with van der Waals surface area (Å²) in [4.78, 5) is 0. The van der Waals surface area contributed by atoms with E-state index in [-0.39, 0.29) is 0 Å². The van der Waals surface area contributed by atoms with Gasteiger partial charge in [0.25, 0.3) is 0 Å². The van der Waals surface area contributed by atoms with Crippen LogP contribution in [0.5, 0.6) is 0 Å². The van der Waals surface area contributed by atoms with Crippen LogP contribution in [0.1, 0.15) is 26.8 Å². The van der Waals surface area contributed by atoms with Crippen molar-refractivity contribution in [1.29, 1.82) is 0 Å². The summed E-state index contributed by atoms with van der Waals surface area (Å²) in [5, 5.41) is 11.0. The third-order valence-electron chi connectivity index (χ3n) is 2.27. The zero-order valence-electron chi connectivity index (χ0n) is 9.90. The maximum absolute atomic E-state index is 4.20. The van der Waals surface area contributed by atoms with E-state index in [1.54, 1.807) is 0 Å². The molecule has 0 spiro atoms. The van der Waals surface area contributed by atoms with Gasteiger partial charge in [0.15, 0.2) is 0 Å². The molecular formula is C11H22N4. The molecule has 0 aliphatic rings. The van der Waals surface area contributed by atoms with E-state index in [9.17, 15) is 0 Å². The van der Waals surface area contributed by atoms with Gasteiger partial charge < -0.3 is 10.6 Å². The topological polar surface area (TPSA) is 41.9 Å². The smallest absolute Gasteiger partial charge is 0.0615 e. The van der Waals surface area contributed by atoms with Crippen molar-refractivity contribution >= 4 is 0 Å². The summed E-state index contributed by atoms with van der Waals surface area (Å²) in [7, 11) is 0. The summed E-state index contributed by atoms with van der Waals surface area (Å²) in [6, 6.07) is 2.94. The molecule has 1 unspecified atom stereocenters. The molecule has 1 aromatic rings. The molecule has 0 saturated heterocycles. The van der Waals surface area contributed by atoms with Gasteiger partial charge in [-0.25, -0.2) is 0 Å². The van der Waals surface area contributed by atoms with Crippen molar-refractivity contribution in [2.45, 2.75) is 32.9 Å². The summed E-state index contributed by atoms with van der Waals surface area (Å²) in [6.45, 7) is 9.46. The van der Waals surface area contributed by atoms with E-state index in [2.05, 4.69) is 36.5 Å². The zero-order chi connectivity index (χ0) is 11.1. The van der Waals surface area contributed by atoms with Crippen LogP contribution in [0.25, 0.3) is 0 Å². The fraction of sp³-hybridized carbons (Fsp3) is 0.727. The summed E-state index contributed by atoms with van der Waals surface area (Å²) in [5.41, 5.74) is 0. The lowest BCUT2D eigenvalue weighted by Crippen LogP contribution is -2.33. The van der Waals surface area contributed by atoms with E-state index in [0.717, 1.165) is 19.6 Å². The molecule has 0 radical (unpaired) electrons. The number of aromatic nitrogens is 2. The van der Waals surface area contributed by atoms with Gasteiger partial charge in [-0.3, -0.25) is 4.68 Å². The lowest BCUT2D eigenvalue weighted by atomic mass is 10.3. The maximum Gasteiger partial charge on any atom is 0.0615 e. The highest BCUT2D eigenvalue weighted by atomic mass is 15.3. The van der Waals surface area contributed by atoms with Crippen molar-refractivity contribution in [3.8, 4) is 0 Å². The highest BCUT2D eigenvalue weighted by molar-refractivity contribution is 4.81. The monoisotopic (exact) mass is 210 g/mol. The minimum absolute atomic E-state index is 0.416. The van der Waals surface area contributed by atoms with Gasteiger partial charge in [-0.2, -0.15) is 5.10 Å². The quantitative estimate of drug-likeness (QED) is 0.661. The Morgan fingerprint density at radius 3 is 2.67 bits per heavy atom. The first-order chi connectivity index (χ1) is 7.20. The van der Waals surface area contributed by atoms with E-state index in [1.165, 1.54) is 0 Å².